The van der Waals surface area contributed by atoms with Crippen molar-refractivity contribution in [1.29, 1.82) is 0 Å². The number of aliphatic imine (C=N–C) groups is 1. The standard InChI is InChI=1S/C24H30N6O2/c1-3-26-24(29-12-10-18(2)21(16-29)30-13-11-25-17-30)27-15-19-6-8-20(9-7-19)28-23(31)22-5-4-14-32-22/h4-9,11,13-14,17-18,21H,3,10,12,15-16H2,1-2H3,(H,26,27)(H,28,31). The van der Waals surface area contributed by atoms with E-state index in [-0.39, 0.29) is 5.91 Å². The molecule has 1 aliphatic heterocycles. The number of amides is 1. The number of nitrogens with zero attached hydrogens (tertiary/aromatic N) is 4. The van der Waals surface area contributed by atoms with Gasteiger partial charge in [0.05, 0.1) is 25.2 Å². The molecule has 1 saturated heterocycles. The van der Waals surface area contributed by atoms with Crippen molar-refractivity contribution in [2.45, 2.75) is 32.9 Å². The maximum absolute atomic E-state index is 12.1. The summed E-state index contributed by atoms with van der Waals surface area (Å²) in [5.74, 6) is 1.55. The van der Waals surface area contributed by atoms with E-state index in [2.05, 4.69) is 38.9 Å². The second-order valence-electron chi connectivity index (χ2n) is 8.09. The zero-order valence-electron chi connectivity index (χ0n) is 18.6. The summed E-state index contributed by atoms with van der Waals surface area (Å²) in [4.78, 5) is 23.6. The van der Waals surface area contributed by atoms with Gasteiger partial charge < -0.3 is 24.5 Å². The number of carbonyl (C=O) groups excluding carboxylic acids is 1. The van der Waals surface area contributed by atoms with Crippen LogP contribution in [0.3, 0.4) is 0 Å². The van der Waals surface area contributed by atoms with E-state index in [1.165, 1.54) is 6.26 Å². The van der Waals surface area contributed by atoms with Crippen LogP contribution in [0.5, 0.6) is 0 Å². The smallest absolute Gasteiger partial charge is 0.291 e. The van der Waals surface area contributed by atoms with Crippen molar-refractivity contribution in [2.24, 2.45) is 10.9 Å². The third-order valence-electron chi connectivity index (χ3n) is 5.83. The minimum atomic E-state index is -0.262. The molecule has 1 amide bonds. The molecule has 1 aliphatic rings. The lowest BCUT2D eigenvalue weighted by atomic mass is 9.93. The molecule has 8 heteroatoms. The topological polar surface area (TPSA) is 87.7 Å². The van der Waals surface area contributed by atoms with Crippen LogP contribution in [0.25, 0.3) is 0 Å². The lowest BCUT2D eigenvalue weighted by molar-refractivity contribution is 0.0996. The summed E-state index contributed by atoms with van der Waals surface area (Å²) in [6.45, 7) is 7.66. The number of guanidine groups is 1. The van der Waals surface area contributed by atoms with E-state index in [4.69, 9.17) is 9.41 Å². The van der Waals surface area contributed by atoms with Gasteiger partial charge in [-0.05, 0) is 49.1 Å². The fourth-order valence-corrected chi connectivity index (χ4v) is 3.98. The predicted molar refractivity (Wildman–Crippen MR) is 125 cm³/mol. The maximum atomic E-state index is 12.1. The summed E-state index contributed by atoms with van der Waals surface area (Å²) in [5.41, 5.74) is 1.80. The summed E-state index contributed by atoms with van der Waals surface area (Å²) in [7, 11) is 0. The fourth-order valence-electron chi connectivity index (χ4n) is 3.98. The lowest BCUT2D eigenvalue weighted by Crippen LogP contribution is -2.49. The highest BCUT2D eigenvalue weighted by Gasteiger charge is 2.28. The molecule has 0 radical (unpaired) electrons. The Morgan fingerprint density at radius 3 is 2.81 bits per heavy atom. The quantitative estimate of drug-likeness (QED) is 0.455. The molecule has 4 rings (SSSR count). The number of likely N-dealkylation sites (tertiary alicyclic amines) is 1. The Kier molecular flexibility index (Phi) is 6.89. The van der Waals surface area contributed by atoms with Gasteiger partial charge in [-0.1, -0.05) is 19.1 Å². The SMILES string of the molecule is CCNC(=NCc1ccc(NC(=O)c2ccco2)cc1)N1CCC(C)C(n2ccnc2)C1. The normalized spacial score (nSPS) is 19.1. The molecule has 3 heterocycles. The Labute approximate surface area is 188 Å². The van der Waals surface area contributed by atoms with Gasteiger partial charge in [0.2, 0.25) is 0 Å². The van der Waals surface area contributed by atoms with Crippen LogP contribution in [-0.4, -0.2) is 46.0 Å². The van der Waals surface area contributed by atoms with Crippen molar-refractivity contribution in [3.8, 4) is 0 Å². The molecule has 3 aromatic rings. The third-order valence-corrected chi connectivity index (χ3v) is 5.83. The van der Waals surface area contributed by atoms with E-state index in [0.29, 0.717) is 24.3 Å². The summed E-state index contributed by atoms with van der Waals surface area (Å²) in [6.07, 6.45) is 8.38. The molecule has 2 N–H and O–H groups in total. The van der Waals surface area contributed by atoms with Crippen molar-refractivity contribution in [3.05, 3.63) is 72.7 Å². The Balaban J connectivity index is 1.40. The number of anilines is 1. The number of hydrogen-bond acceptors (Lipinski definition) is 4. The van der Waals surface area contributed by atoms with Gasteiger partial charge in [0.15, 0.2) is 11.7 Å². The number of benzene rings is 1. The van der Waals surface area contributed by atoms with Gasteiger partial charge in [0, 0.05) is 37.7 Å². The second-order valence-corrected chi connectivity index (χ2v) is 8.09. The van der Waals surface area contributed by atoms with E-state index in [1.54, 1.807) is 12.1 Å². The van der Waals surface area contributed by atoms with Crippen LogP contribution < -0.4 is 10.6 Å². The van der Waals surface area contributed by atoms with E-state index >= 15 is 0 Å². The van der Waals surface area contributed by atoms with Crippen molar-refractivity contribution < 1.29 is 9.21 Å². The first kappa shape index (κ1) is 21.7. The van der Waals surface area contributed by atoms with E-state index in [0.717, 1.165) is 43.3 Å². The number of furan rings is 1. The van der Waals surface area contributed by atoms with Crippen molar-refractivity contribution >= 4 is 17.6 Å². The van der Waals surface area contributed by atoms with Crippen molar-refractivity contribution in [3.63, 3.8) is 0 Å². The number of hydrogen-bond donors (Lipinski definition) is 2. The summed E-state index contributed by atoms with van der Waals surface area (Å²) in [6, 6.07) is 11.5. The van der Waals surface area contributed by atoms with E-state index in [1.807, 2.05) is 43.0 Å². The predicted octanol–water partition coefficient (Wildman–Crippen LogP) is 3.78. The van der Waals surface area contributed by atoms with Gasteiger partial charge >= 0.3 is 0 Å². The van der Waals surface area contributed by atoms with Crippen LogP contribution >= 0.6 is 0 Å². The molecule has 1 fully saturated rings. The third kappa shape index (κ3) is 5.19. The average Bonchev–Trinajstić information content (AvgIpc) is 3.52. The molecule has 0 saturated carbocycles. The Hall–Kier alpha value is -3.55. The number of imidazole rings is 1. The molecular weight excluding hydrogens is 404 g/mol. The Morgan fingerprint density at radius 2 is 2.12 bits per heavy atom. The number of aromatic nitrogens is 2. The van der Waals surface area contributed by atoms with Gasteiger partial charge in [0.1, 0.15) is 0 Å². The molecule has 2 unspecified atom stereocenters. The largest absolute Gasteiger partial charge is 0.459 e. The van der Waals surface area contributed by atoms with Crippen LogP contribution in [0.15, 0.2) is 70.8 Å². The minimum Gasteiger partial charge on any atom is -0.459 e. The van der Waals surface area contributed by atoms with Crippen LogP contribution in [0.1, 0.15) is 42.4 Å². The molecule has 1 aromatic carbocycles. The molecule has 0 aliphatic carbocycles. The van der Waals surface area contributed by atoms with Crippen LogP contribution in [0.2, 0.25) is 0 Å². The first-order chi connectivity index (χ1) is 15.6. The monoisotopic (exact) mass is 434 g/mol. The molecule has 168 valence electrons. The molecule has 2 aromatic heterocycles. The number of rotatable bonds is 6. The highest BCUT2D eigenvalue weighted by Crippen LogP contribution is 2.27. The molecular formula is C24H30N6O2. The van der Waals surface area contributed by atoms with Crippen LogP contribution in [0.4, 0.5) is 5.69 Å². The van der Waals surface area contributed by atoms with Gasteiger partial charge in [0.25, 0.3) is 5.91 Å². The van der Waals surface area contributed by atoms with Gasteiger partial charge in [-0.15, -0.1) is 0 Å². The molecule has 8 nitrogen and oxygen atoms in total. The van der Waals surface area contributed by atoms with Crippen LogP contribution in [-0.2, 0) is 6.54 Å². The van der Waals surface area contributed by atoms with Gasteiger partial charge in [-0.2, -0.15) is 0 Å². The number of piperidine rings is 1. The highest BCUT2D eigenvalue weighted by atomic mass is 16.3. The zero-order valence-corrected chi connectivity index (χ0v) is 18.6. The molecule has 2 atom stereocenters. The summed E-state index contributed by atoms with van der Waals surface area (Å²) in [5, 5.41) is 6.27. The van der Waals surface area contributed by atoms with Crippen LogP contribution in [0, 0.1) is 5.92 Å². The molecule has 32 heavy (non-hydrogen) atoms. The first-order valence-corrected chi connectivity index (χ1v) is 11.1. The van der Waals surface area contributed by atoms with E-state index in [9.17, 15) is 4.79 Å². The van der Waals surface area contributed by atoms with E-state index < -0.39 is 0 Å². The highest BCUT2D eigenvalue weighted by molar-refractivity contribution is 6.02. The van der Waals surface area contributed by atoms with Crippen molar-refractivity contribution in [2.75, 3.05) is 25.0 Å². The fraction of sp³-hybridized carbons (Fsp3) is 0.375. The number of carbonyl (C=O) groups is 1. The Bertz CT molecular complexity index is 1010. The zero-order chi connectivity index (χ0) is 22.3. The Morgan fingerprint density at radius 1 is 1.28 bits per heavy atom. The minimum absolute atomic E-state index is 0.262. The van der Waals surface area contributed by atoms with Gasteiger partial charge in [-0.3, -0.25) is 4.79 Å². The number of nitrogens with one attached hydrogen (secondary N) is 2. The lowest BCUT2D eigenvalue weighted by Gasteiger charge is -2.39. The summed E-state index contributed by atoms with van der Waals surface area (Å²) < 4.78 is 7.33. The van der Waals surface area contributed by atoms with Gasteiger partial charge in [-0.25, -0.2) is 9.98 Å². The second kappa shape index (κ2) is 10.2. The summed E-state index contributed by atoms with van der Waals surface area (Å²) >= 11 is 0. The van der Waals surface area contributed by atoms with Crippen molar-refractivity contribution in [1.82, 2.24) is 19.8 Å². The average molecular weight is 435 g/mol. The first-order valence-electron chi connectivity index (χ1n) is 11.1. The maximum Gasteiger partial charge on any atom is 0.291 e. The molecule has 0 bridgehead atoms. The molecule has 0 spiro atoms.